The zero-order valence-corrected chi connectivity index (χ0v) is 7.50. The van der Waals surface area contributed by atoms with Crippen molar-refractivity contribution in [3.05, 3.63) is 23.6 Å². The fourth-order valence-electron chi connectivity index (χ4n) is 0.973. The number of methoxy groups -OCH3 is 1. The molecule has 0 aliphatic carbocycles. The summed E-state index contributed by atoms with van der Waals surface area (Å²) in [6.07, 6.45) is 1.62. The van der Waals surface area contributed by atoms with E-state index in [1.807, 2.05) is 0 Å². The van der Waals surface area contributed by atoms with Crippen LogP contribution in [-0.4, -0.2) is 17.9 Å². The highest BCUT2D eigenvalue weighted by Crippen LogP contribution is 2.17. The number of rotatable bonds is 3. The molecule has 4 heteroatoms. The molecule has 0 unspecified atom stereocenters. The first-order valence-electron chi connectivity index (χ1n) is 3.92. The molecule has 0 fully saturated rings. The first-order valence-corrected chi connectivity index (χ1v) is 3.92. The molecule has 0 spiro atoms. The fraction of sp³-hybridized carbons (Fsp3) is 0.333. The molecule has 13 heavy (non-hydrogen) atoms. The molecule has 1 aromatic rings. The van der Waals surface area contributed by atoms with Gasteiger partial charge in [-0.25, -0.2) is 9.37 Å². The molecule has 0 amide bonds. The van der Waals surface area contributed by atoms with Crippen LogP contribution in [0.25, 0.3) is 0 Å². The fourth-order valence-corrected chi connectivity index (χ4v) is 0.973. The molecule has 1 aromatic heterocycles. The first kappa shape index (κ1) is 9.64. The van der Waals surface area contributed by atoms with Crippen LogP contribution in [0.15, 0.2) is 12.3 Å². The molecule has 0 radical (unpaired) electrons. The number of ether oxygens (including phenoxy) is 1. The number of carbonyl (C=O) groups excluding carboxylic acids is 1. The molecule has 0 bridgehead atoms. The molecule has 0 aliphatic rings. The highest BCUT2D eigenvalue weighted by molar-refractivity contribution is 5.96. The van der Waals surface area contributed by atoms with Gasteiger partial charge in [-0.1, -0.05) is 6.92 Å². The molecular formula is C9H10FNO2. The van der Waals surface area contributed by atoms with Crippen LogP contribution in [0.2, 0.25) is 0 Å². The van der Waals surface area contributed by atoms with Gasteiger partial charge in [-0.05, 0) is 6.07 Å². The van der Waals surface area contributed by atoms with E-state index >= 15 is 0 Å². The third kappa shape index (κ3) is 1.83. The Labute approximate surface area is 75.6 Å². The van der Waals surface area contributed by atoms with Crippen molar-refractivity contribution in [3.63, 3.8) is 0 Å². The molecule has 0 saturated carbocycles. The van der Waals surface area contributed by atoms with Crippen molar-refractivity contribution in [1.82, 2.24) is 4.98 Å². The Morgan fingerprint density at radius 3 is 2.92 bits per heavy atom. The van der Waals surface area contributed by atoms with Gasteiger partial charge in [0.05, 0.1) is 12.7 Å². The van der Waals surface area contributed by atoms with Gasteiger partial charge in [0.15, 0.2) is 11.6 Å². The van der Waals surface area contributed by atoms with Crippen LogP contribution >= 0.6 is 0 Å². The number of hydrogen-bond acceptors (Lipinski definition) is 3. The Kier molecular flexibility index (Phi) is 2.95. The normalized spacial score (nSPS) is 9.77. The first-order chi connectivity index (χ1) is 6.20. The van der Waals surface area contributed by atoms with E-state index in [4.69, 9.17) is 0 Å². The minimum absolute atomic E-state index is 0.0364. The zero-order chi connectivity index (χ0) is 9.84. The lowest BCUT2D eigenvalue weighted by atomic mass is 10.1. The van der Waals surface area contributed by atoms with Gasteiger partial charge in [0.1, 0.15) is 0 Å². The summed E-state index contributed by atoms with van der Waals surface area (Å²) >= 11 is 0. The maximum atomic E-state index is 13.3. The predicted molar refractivity (Wildman–Crippen MR) is 45.4 cm³/mol. The quantitative estimate of drug-likeness (QED) is 0.671. The lowest BCUT2D eigenvalue weighted by Gasteiger charge is -2.03. The molecule has 0 aliphatic heterocycles. The smallest absolute Gasteiger partial charge is 0.250 e. The van der Waals surface area contributed by atoms with E-state index in [9.17, 15) is 9.18 Å². The summed E-state index contributed by atoms with van der Waals surface area (Å²) in [7, 11) is 1.31. The van der Waals surface area contributed by atoms with Crippen molar-refractivity contribution in [2.75, 3.05) is 7.11 Å². The maximum Gasteiger partial charge on any atom is 0.250 e. The number of hydrogen-bond donors (Lipinski definition) is 0. The van der Waals surface area contributed by atoms with Gasteiger partial charge in [-0.2, -0.15) is 0 Å². The Morgan fingerprint density at radius 1 is 1.69 bits per heavy atom. The number of ketones is 1. The van der Waals surface area contributed by atoms with Gasteiger partial charge in [0, 0.05) is 12.6 Å². The van der Waals surface area contributed by atoms with Crippen LogP contribution in [0.5, 0.6) is 5.88 Å². The third-order valence-electron chi connectivity index (χ3n) is 1.67. The predicted octanol–water partition coefficient (Wildman–Crippen LogP) is 1.82. The molecule has 1 heterocycles. The number of nitrogens with zero attached hydrogens (tertiary/aromatic N) is 1. The second kappa shape index (κ2) is 3.98. The number of halogens is 1. The third-order valence-corrected chi connectivity index (χ3v) is 1.67. The summed E-state index contributed by atoms with van der Waals surface area (Å²) in [5.41, 5.74) is 0.0364. The van der Waals surface area contributed by atoms with Gasteiger partial charge in [-0.15, -0.1) is 0 Å². The van der Waals surface area contributed by atoms with Crippen LogP contribution in [0.3, 0.4) is 0 Å². The summed E-state index contributed by atoms with van der Waals surface area (Å²) in [5.74, 6) is -1.07. The van der Waals surface area contributed by atoms with E-state index in [0.29, 0.717) is 0 Å². The van der Waals surface area contributed by atoms with Crippen molar-refractivity contribution >= 4 is 5.78 Å². The Hall–Kier alpha value is -1.45. The van der Waals surface area contributed by atoms with Crippen molar-refractivity contribution in [1.29, 1.82) is 0 Å². The Morgan fingerprint density at radius 2 is 2.38 bits per heavy atom. The van der Waals surface area contributed by atoms with Crippen LogP contribution in [0, 0.1) is 5.82 Å². The molecule has 0 aromatic carbocycles. The number of pyridine rings is 1. The molecule has 1 rings (SSSR count). The zero-order valence-electron chi connectivity index (χ0n) is 7.50. The minimum Gasteiger partial charge on any atom is -0.479 e. The SMILES string of the molecule is CCC(=O)c1ccnc(OC)c1F. The van der Waals surface area contributed by atoms with E-state index in [-0.39, 0.29) is 23.6 Å². The van der Waals surface area contributed by atoms with Crippen LogP contribution in [0.1, 0.15) is 23.7 Å². The summed E-state index contributed by atoms with van der Waals surface area (Å²) in [4.78, 5) is 14.8. The van der Waals surface area contributed by atoms with Crippen molar-refractivity contribution in [2.45, 2.75) is 13.3 Å². The lowest BCUT2D eigenvalue weighted by Crippen LogP contribution is -2.03. The molecule has 0 atom stereocenters. The van der Waals surface area contributed by atoms with Crippen molar-refractivity contribution in [2.24, 2.45) is 0 Å². The minimum atomic E-state index is -0.683. The van der Waals surface area contributed by atoms with Crippen LogP contribution in [-0.2, 0) is 0 Å². The molecular weight excluding hydrogens is 173 g/mol. The summed E-state index contributed by atoms with van der Waals surface area (Å²) in [6, 6.07) is 1.35. The van der Waals surface area contributed by atoms with E-state index in [2.05, 4.69) is 9.72 Å². The summed E-state index contributed by atoms with van der Waals surface area (Å²) in [5, 5.41) is 0. The summed E-state index contributed by atoms with van der Waals surface area (Å²) < 4.78 is 17.9. The van der Waals surface area contributed by atoms with E-state index in [1.54, 1.807) is 6.92 Å². The van der Waals surface area contributed by atoms with Crippen LogP contribution < -0.4 is 4.74 Å². The standard InChI is InChI=1S/C9H10FNO2/c1-3-7(12)6-4-5-11-9(13-2)8(6)10/h4-5H,3H2,1-2H3. The van der Waals surface area contributed by atoms with E-state index in [1.165, 1.54) is 19.4 Å². The largest absolute Gasteiger partial charge is 0.479 e. The van der Waals surface area contributed by atoms with Crippen LogP contribution in [0.4, 0.5) is 4.39 Å². The number of Topliss-reactive ketones (excluding diaryl/α,β-unsaturated/α-hetero) is 1. The van der Waals surface area contributed by atoms with Crippen molar-refractivity contribution < 1.29 is 13.9 Å². The molecule has 70 valence electrons. The monoisotopic (exact) mass is 183 g/mol. The second-order valence-corrected chi connectivity index (χ2v) is 2.46. The lowest BCUT2D eigenvalue weighted by molar-refractivity contribution is 0.0983. The topological polar surface area (TPSA) is 39.2 Å². The van der Waals surface area contributed by atoms with Gasteiger partial charge in [0.2, 0.25) is 0 Å². The van der Waals surface area contributed by atoms with Gasteiger partial charge in [0.25, 0.3) is 5.88 Å². The van der Waals surface area contributed by atoms with Gasteiger partial charge >= 0.3 is 0 Å². The Balaban J connectivity index is 3.15. The highest BCUT2D eigenvalue weighted by Gasteiger charge is 2.14. The average Bonchev–Trinajstić information content (AvgIpc) is 2.17. The molecule has 3 nitrogen and oxygen atoms in total. The number of carbonyl (C=O) groups is 1. The Bertz CT molecular complexity index is 325. The summed E-state index contributed by atoms with van der Waals surface area (Å²) in [6.45, 7) is 1.68. The van der Waals surface area contributed by atoms with Gasteiger partial charge < -0.3 is 4.74 Å². The number of aromatic nitrogens is 1. The van der Waals surface area contributed by atoms with Crippen molar-refractivity contribution in [3.8, 4) is 5.88 Å². The molecule has 0 saturated heterocycles. The van der Waals surface area contributed by atoms with E-state index < -0.39 is 5.82 Å². The second-order valence-electron chi connectivity index (χ2n) is 2.46. The maximum absolute atomic E-state index is 13.3. The average molecular weight is 183 g/mol. The molecule has 0 N–H and O–H groups in total. The highest BCUT2D eigenvalue weighted by atomic mass is 19.1. The van der Waals surface area contributed by atoms with Gasteiger partial charge in [-0.3, -0.25) is 4.79 Å². The van der Waals surface area contributed by atoms with E-state index in [0.717, 1.165) is 0 Å².